The molecular formula is C36H45ClFN3O3. The van der Waals surface area contributed by atoms with E-state index in [4.69, 9.17) is 11.6 Å². The normalized spacial score (nSPS) is 28.7. The SMILES string of the molecule is CC1=C2CCC(C)=C(CN3C(=O)C4(CCC(C(=O)NC5CC(O)C5)C4)c4ccccc43)N(CCCCF)C2=CC=C(Cl)CC1. The van der Waals surface area contributed by atoms with Crippen LogP contribution in [-0.4, -0.2) is 53.7 Å². The van der Waals surface area contributed by atoms with E-state index in [2.05, 4.69) is 36.2 Å². The molecule has 2 heterocycles. The summed E-state index contributed by atoms with van der Waals surface area (Å²) in [6.07, 6.45) is 11.5. The summed E-state index contributed by atoms with van der Waals surface area (Å²) in [6, 6.07) is 8.12. The van der Waals surface area contributed by atoms with Gasteiger partial charge in [-0.2, -0.15) is 0 Å². The number of alkyl halides is 1. The summed E-state index contributed by atoms with van der Waals surface area (Å²) in [6.45, 7) is 5.11. The molecule has 2 fully saturated rings. The van der Waals surface area contributed by atoms with Crippen molar-refractivity contribution in [2.75, 3.05) is 24.7 Å². The van der Waals surface area contributed by atoms with Gasteiger partial charge in [-0.3, -0.25) is 14.0 Å². The molecule has 1 aromatic rings. The van der Waals surface area contributed by atoms with Gasteiger partial charge in [0.2, 0.25) is 11.8 Å². The topological polar surface area (TPSA) is 72.9 Å². The molecule has 44 heavy (non-hydrogen) atoms. The summed E-state index contributed by atoms with van der Waals surface area (Å²) in [4.78, 5) is 32.1. The maximum absolute atomic E-state index is 14.6. The third kappa shape index (κ3) is 5.78. The van der Waals surface area contributed by atoms with Crippen LogP contribution in [0.5, 0.6) is 0 Å². The smallest absolute Gasteiger partial charge is 0.238 e. The number of para-hydroxylation sites is 1. The highest BCUT2D eigenvalue weighted by atomic mass is 35.5. The Morgan fingerprint density at radius 3 is 2.61 bits per heavy atom. The number of carbonyl (C=O) groups excluding carboxylic acids is 2. The fraction of sp³-hybridized carbons (Fsp3) is 0.556. The van der Waals surface area contributed by atoms with Gasteiger partial charge in [-0.15, -0.1) is 0 Å². The fourth-order valence-electron chi connectivity index (χ4n) is 7.93. The molecule has 2 N–H and O–H groups in total. The average molecular weight is 622 g/mol. The third-order valence-corrected chi connectivity index (χ3v) is 10.9. The van der Waals surface area contributed by atoms with Crippen molar-refractivity contribution >= 4 is 29.1 Å². The summed E-state index contributed by atoms with van der Waals surface area (Å²) in [5.74, 6) is -0.155. The number of nitrogens with one attached hydrogen (secondary N) is 1. The molecule has 236 valence electrons. The van der Waals surface area contributed by atoms with Crippen LogP contribution in [0.15, 0.2) is 69.6 Å². The lowest BCUT2D eigenvalue weighted by molar-refractivity contribution is -0.127. The Morgan fingerprint density at radius 1 is 1.07 bits per heavy atom. The van der Waals surface area contributed by atoms with Crippen LogP contribution in [0.25, 0.3) is 0 Å². The summed E-state index contributed by atoms with van der Waals surface area (Å²) >= 11 is 6.55. The Labute approximate surface area is 265 Å². The lowest BCUT2D eigenvalue weighted by atomic mass is 9.79. The Balaban J connectivity index is 1.32. The van der Waals surface area contributed by atoms with Gasteiger partial charge in [0.05, 0.1) is 24.7 Å². The largest absolute Gasteiger partial charge is 0.393 e. The van der Waals surface area contributed by atoms with Gasteiger partial charge in [0.1, 0.15) is 0 Å². The van der Waals surface area contributed by atoms with Crippen molar-refractivity contribution in [1.29, 1.82) is 0 Å². The first kappa shape index (κ1) is 31.1. The second-order valence-corrected chi connectivity index (χ2v) is 13.9. The van der Waals surface area contributed by atoms with Gasteiger partial charge in [-0.05, 0) is 114 Å². The summed E-state index contributed by atoms with van der Waals surface area (Å²) in [5, 5.41) is 13.6. The fourth-order valence-corrected chi connectivity index (χ4v) is 8.09. The maximum Gasteiger partial charge on any atom is 0.238 e. The van der Waals surface area contributed by atoms with E-state index >= 15 is 0 Å². The highest BCUT2D eigenvalue weighted by Crippen LogP contribution is 2.53. The zero-order valence-electron chi connectivity index (χ0n) is 26.0. The monoisotopic (exact) mass is 621 g/mol. The van der Waals surface area contributed by atoms with E-state index in [1.54, 1.807) is 0 Å². The number of rotatable bonds is 8. The van der Waals surface area contributed by atoms with E-state index in [0.29, 0.717) is 58.0 Å². The molecule has 8 heteroatoms. The first-order valence-electron chi connectivity index (χ1n) is 16.4. The van der Waals surface area contributed by atoms with Gasteiger partial charge >= 0.3 is 0 Å². The molecular weight excluding hydrogens is 577 g/mol. The lowest BCUT2D eigenvalue weighted by Crippen LogP contribution is -2.48. The Kier molecular flexibility index (Phi) is 9.07. The van der Waals surface area contributed by atoms with Crippen molar-refractivity contribution in [3.05, 3.63) is 75.1 Å². The van der Waals surface area contributed by atoms with Crippen LogP contribution < -0.4 is 10.2 Å². The zero-order chi connectivity index (χ0) is 31.0. The number of aliphatic hydroxyl groups excluding tert-OH is 1. The number of halogens is 2. The van der Waals surface area contributed by atoms with Crippen molar-refractivity contribution in [1.82, 2.24) is 10.2 Å². The Morgan fingerprint density at radius 2 is 1.84 bits per heavy atom. The van der Waals surface area contributed by atoms with Crippen LogP contribution in [0.4, 0.5) is 10.1 Å². The van der Waals surface area contributed by atoms with E-state index in [0.717, 1.165) is 53.4 Å². The van der Waals surface area contributed by atoms with Crippen molar-refractivity contribution < 1.29 is 19.1 Å². The predicted octanol–water partition coefficient (Wildman–Crippen LogP) is 6.95. The number of aliphatic hydroxyl groups is 1. The predicted molar refractivity (Wildman–Crippen MR) is 173 cm³/mol. The Hall–Kier alpha value is -2.90. The van der Waals surface area contributed by atoms with Crippen LogP contribution in [-0.2, 0) is 15.0 Å². The summed E-state index contributed by atoms with van der Waals surface area (Å²) in [5.41, 5.74) is 7.34. The summed E-state index contributed by atoms with van der Waals surface area (Å²) < 4.78 is 13.3. The van der Waals surface area contributed by atoms with Crippen LogP contribution in [0.3, 0.4) is 0 Å². The molecule has 2 aliphatic heterocycles. The minimum atomic E-state index is -0.715. The lowest BCUT2D eigenvalue weighted by Gasteiger charge is -2.34. The number of anilines is 1. The van der Waals surface area contributed by atoms with Crippen LogP contribution in [0.2, 0.25) is 0 Å². The maximum atomic E-state index is 14.6. The number of hydrogen-bond donors (Lipinski definition) is 2. The molecule has 0 saturated heterocycles. The highest BCUT2D eigenvalue weighted by molar-refractivity contribution is 6.29. The minimum absolute atomic E-state index is 0.00138. The van der Waals surface area contributed by atoms with Gasteiger partial charge in [0.25, 0.3) is 0 Å². The standard InChI is InChI=1S/C36H45ClFN3O3/c1-23-9-11-26(37)12-14-31-29(23)13-10-24(2)33(40(31)18-6-5-17-38)22-41-32-8-4-3-7-30(32)36(35(41)44)16-15-25(21-36)34(43)39-27-19-28(42)20-27/h3-4,7-8,12,14,25,27-28,42H,5-6,9-11,13,15-22H2,1-2H3,(H,39,43). The number of fused-ring (bicyclic) bond motifs is 3. The van der Waals surface area contributed by atoms with Crippen molar-refractivity contribution in [3.63, 3.8) is 0 Å². The van der Waals surface area contributed by atoms with Crippen molar-refractivity contribution in [3.8, 4) is 0 Å². The molecule has 1 spiro atoms. The van der Waals surface area contributed by atoms with E-state index < -0.39 is 5.41 Å². The number of nitrogens with zero attached hydrogens (tertiary/aromatic N) is 2. The first-order valence-corrected chi connectivity index (χ1v) is 16.8. The summed E-state index contributed by atoms with van der Waals surface area (Å²) in [7, 11) is 0. The molecule has 0 bridgehead atoms. The molecule has 6 nitrogen and oxygen atoms in total. The first-order chi connectivity index (χ1) is 21.2. The van der Waals surface area contributed by atoms with Crippen LogP contribution in [0.1, 0.15) is 90.0 Å². The number of carbonyl (C=O) groups is 2. The molecule has 2 unspecified atom stereocenters. The quantitative estimate of drug-likeness (QED) is 0.308. The van der Waals surface area contributed by atoms with E-state index in [-0.39, 0.29) is 36.6 Å². The van der Waals surface area contributed by atoms with Gasteiger partial charge in [0, 0.05) is 40.6 Å². The van der Waals surface area contributed by atoms with E-state index in [1.807, 2.05) is 29.2 Å². The second-order valence-electron chi connectivity index (χ2n) is 13.5. The minimum Gasteiger partial charge on any atom is -0.393 e. The molecule has 2 atom stereocenters. The number of unbranched alkanes of at least 4 members (excludes halogenated alkanes) is 1. The van der Waals surface area contributed by atoms with Crippen molar-refractivity contribution in [2.45, 2.75) is 102 Å². The van der Waals surface area contributed by atoms with E-state index in [9.17, 15) is 19.1 Å². The molecule has 1 aromatic carbocycles. The molecule has 5 aliphatic rings. The van der Waals surface area contributed by atoms with Crippen LogP contribution >= 0.6 is 11.6 Å². The Bertz CT molecular complexity index is 1440. The van der Waals surface area contributed by atoms with Gasteiger partial charge in [-0.25, -0.2) is 0 Å². The number of allylic oxidation sites excluding steroid dienone is 6. The highest BCUT2D eigenvalue weighted by Gasteiger charge is 2.56. The van der Waals surface area contributed by atoms with Crippen molar-refractivity contribution in [2.24, 2.45) is 5.92 Å². The molecule has 0 radical (unpaired) electrons. The number of benzene rings is 1. The van der Waals surface area contributed by atoms with Crippen LogP contribution in [0, 0.1) is 5.92 Å². The number of amides is 2. The molecule has 6 rings (SSSR count). The number of hydrogen-bond acceptors (Lipinski definition) is 4. The van der Waals surface area contributed by atoms with Gasteiger partial charge in [0.15, 0.2) is 0 Å². The molecule has 2 amide bonds. The molecule has 2 saturated carbocycles. The van der Waals surface area contributed by atoms with E-state index in [1.165, 1.54) is 16.7 Å². The third-order valence-electron chi connectivity index (χ3n) is 10.6. The molecule has 3 aliphatic carbocycles. The zero-order valence-corrected chi connectivity index (χ0v) is 26.8. The van der Waals surface area contributed by atoms with Gasteiger partial charge < -0.3 is 20.2 Å². The average Bonchev–Trinajstić information content (AvgIpc) is 3.50. The molecule has 0 aromatic heterocycles. The second kappa shape index (κ2) is 12.8. The van der Waals surface area contributed by atoms with Gasteiger partial charge in [-0.1, -0.05) is 40.9 Å².